The average Bonchev–Trinajstić information content (AvgIpc) is 3.93. The van der Waals surface area contributed by atoms with Crippen molar-refractivity contribution in [1.82, 2.24) is 24.9 Å². The van der Waals surface area contributed by atoms with E-state index in [0.29, 0.717) is 17.5 Å². The molecule has 12 rings (SSSR count). The fourth-order valence-electron chi connectivity index (χ4n) is 8.38. The first-order chi connectivity index (χ1) is 30.7. The molecule has 0 fully saturated rings. The lowest BCUT2D eigenvalue weighted by Crippen LogP contribution is -2.00. The topological polar surface area (TPSA) is 64.5 Å². The van der Waals surface area contributed by atoms with Crippen molar-refractivity contribution < 1.29 is 0 Å². The lowest BCUT2D eigenvalue weighted by atomic mass is 9.99. The Bertz CT molecular complexity index is 3620. The summed E-state index contributed by atoms with van der Waals surface area (Å²) in [6, 6.07) is 69.7. The van der Waals surface area contributed by atoms with Gasteiger partial charge in [0, 0.05) is 58.1 Å². The summed E-state index contributed by atoms with van der Waals surface area (Å²) >= 11 is 3.55. The van der Waals surface area contributed by atoms with Gasteiger partial charge in [-0.2, -0.15) is 0 Å². The van der Waals surface area contributed by atoms with Crippen molar-refractivity contribution in [2.45, 2.75) is 0 Å². The van der Waals surface area contributed by atoms with Gasteiger partial charge in [0.15, 0.2) is 23.3 Å². The zero-order valence-electron chi connectivity index (χ0n) is 33.1. The van der Waals surface area contributed by atoms with E-state index in [4.69, 9.17) is 24.9 Å². The Morgan fingerprint density at radius 3 is 1.60 bits per heavy atom. The molecular weight excluding hydrogens is 795 g/mol. The number of nitrogens with zero attached hydrogens (tertiary/aromatic N) is 5. The van der Waals surface area contributed by atoms with Crippen LogP contribution < -0.4 is 0 Å². The molecule has 7 heteroatoms. The number of aromatic nitrogens is 5. The van der Waals surface area contributed by atoms with Gasteiger partial charge < -0.3 is 0 Å². The molecule has 0 amide bonds. The third kappa shape index (κ3) is 6.34. The molecule has 8 aromatic carbocycles. The Morgan fingerprint density at radius 1 is 0.290 bits per heavy atom. The van der Waals surface area contributed by atoms with Gasteiger partial charge in [-0.25, -0.2) is 24.9 Å². The molecule has 0 aliphatic heterocycles. The van der Waals surface area contributed by atoms with E-state index >= 15 is 0 Å². The molecule has 62 heavy (non-hydrogen) atoms. The summed E-state index contributed by atoms with van der Waals surface area (Å²) in [7, 11) is 0. The zero-order valence-corrected chi connectivity index (χ0v) is 34.7. The third-order valence-electron chi connectivity index (χ3n) is 11.4. The van der Waals surface area contributed by atoms with Gasteiger partial charge in [-0.05, 0) is 40.5 Å². The van der Waals surface area contributed by atoms with Gasteiger partial charge in [-0.3, -0.25) is 0 Å². The highest BCUT2D eigenvalue weighted by atomic mass is 32.1. The van der Waals surface area contributed by atoms with Gasteiger partial charge in [-0.15, -0.1) is 22.7 Å². The van der Waals surface area contributed by atoms with Gasteiger partial charge in [-0.1, -0.05) is 182 Å². The van der Waals surface area contributed by atoms with Crippen LogP contribution in [0, 0.1) is 0 Å². The maximum absolute atomic E-state index is 5.22. The molecule has 4 aromatic heterocycles. The van der Waals surface area contributed by atoms with Crippen molar-refractivity contribution in [2.24, 2.45) is 0 Å². The minimum Gasteiger partial charge on any atom is -0.226 e. The molecule has 290 valence electrons. The predicted octanol–water partition coefficient (Wildman–Crippen LogP) is 15.1. The number of benzene rings is 8. The summed E-state index contributed by atoms with van der Waals surface area (Å²) in [6.45, 7) is 0. The van der Waals surface area contributed by atoms with Gasteiger partial charge in [0.1, 0.15) is 0 Å². The van der Waals surface area contributed by atoms with E-state index in [1.165, 1.54) is 25.0 Å². The van der Waals surface area contributed by atoms with Crippen LogP contribution in [0.15, 0.2) is 200 Å². The standard InChI is InChI=1S/C55H33N5S2/c1-4-15-34(16-5-1)39-21-12-22-40(33-39)54-58-53(37-19-8-3-9-20-37)59-55(60-54)44-26-14-28-46-47(44)43-25-13-24-41(50(43)62-46)35-29-31-38(32-30-35)52-56-48(36-17-6-2-7-18-36)51-49(57-52)42-23-10-11-27-45(42)61-51/h1-33H. The molecule has 4 heterocycles. The fourth-order valence-corrected chi connectivity index (χ4v) is 10.8. The molecule has 0 spiro atoms. The SMILES string of the molecule is c1ccc(-c2cccc(-c3nc(-c4ccccc4)nc(-c4cccc5sc6c(-c7ccc(-c8nc(-c9ccccc9)c9sc%10ccccc%10c9n8)cc7)cccc6c45)n3)c2)cc1. The molecule has 0 radical (unpaired) electrons. The van der Waals surface area contributed by atoms with Crippen LogP contribution in [0.25, 0.3) is 120 Å². The first kappa shape index (κ1) is 36.2. The maximum Gasteiger partial charge on any atom is 0.164 e. The van der Waals surface area contributed by atoms with Gasteiger partial charge >= 0.3 is 0 Å². The van der Waals surface area contributed by atoms with Crippen LogP contribution >= 0.6 is 22.7 Å². The second-order valence-electron chi connectivity index (χ2n) is 15.2. The summed E-state index contributed by atoms with van der Waals surface area (Å²) in [4.78, 5) is 25.9. The highest BCUT2D eigenvalue weighted by Gasteiger charge is 2.20. The zero-order chi connectivity index (χ0) is 41.0. The van der Waals surface area contributed by atoms with Crippen LogP contribution in [-0.2, 0) is 0 Å². The van der Waals surface area contributed by atoms with Crippen molar-refractivity contribution in [3.8, 4) is 79.1 Å². The number of hydrogen-bond acceptors (Lipinski definition) is 7. The van der Waals surface area contributed by atoms with Crippen molar-refractivity contribution in [3.63, 3.8) is 0 Å². The van der Waals surface area contributed by atoms with Crippen molar-refractivity contribution in [2.75, 3.05) is 0 Å². The summed E-state index contributed by atoms with van der Waals surface area (Å²) in [5.74, 6) is 2.63. The van der Waals surface area contributed by atoms with Crippen molar-refractivity contribution >= 4 is 63.1 Å². The Kier molecular flexibility index (Phi) is 8.80. The lowest BCUT2D eigenvalue weighted by Gasteiger charge is -2.11. The van der Waals surface area contributed by atoms with E-state index < -0.39 is 0 Å². The Balaban J connectivity index is 0.969. The highest BCUT2D eigenvalue weighted by molar-refractivity contribution is 7.26. The quantitative estimate of drug-likeness (QED) is 0.160. The fraction of sp³-hybridized carbons (Fsp3) is 0. The minimum atomic E-state index is 0.634. The molecule has 0 N–H and O–H groups in total. The summed E-state index contributed by atoms with van der Waals surface area (Å²) < 4.78 is 4.70. The van der Waals surface area contributed by atoms with Gasteiger partial charge in [0.2, 0.25) is 0 Å². The first-order valence-corrected chi connectivity index (χ1v) is 22.1. The number of hydrogen-bond donors (Lipinski definition) is 0. The Morgan fingerprint density at radius 2 is 0.806 bits per heavy atom. The van der Waals surface area contributed by atoms with Crippen LogP contribution in [0.3, 0.4) is 0 Å². The van der Waals surface area contributed by atoms with E-state index in [-0.39, 0.29) is 0 Å². The van der Waals surface area contributed by atoms with E-state index in [0.717, 1.165) is 77.0 Å². The molecule has 0 saturated carbocycles. The van der Waals surface area contributed by atoms with Crippen LogP contribution in [0.4, 0.5) is 0 Å². The van der Waals surface area contributed by atoms with Gasteiger partial charge in [0.25, 0.3) is 0 Å². The summed E-state index contributed by atoms with van der Waals surface area (Å²) in [5, 5.41) is 3.46. The molecule has 0 bridgehead atoms. The largest absolute Gasteiger partial charge is 0.226 e. The number of fused-ring (bicyclic) bond motifs is 6. The van der Waals surface area contributed by atoms with E-state index in [1.54, 1.807) is 22.7 Å². The van der Waals surface area contributed by atoms with Crippen LogP contribution in [-0.4, -0.2) is 24.9 Å². The molecule has 5 nitrogen and oxygen atoms in total. The second-order valence-corrected chi connectivity index (χ2v) is 17.3. The second kappa shape index (κ2) is 15.1. The molecule has 0 aliphatic rings. The average molecular weight is 828 g/mol. The Hall–Kier alpha value is -7.71. The predicted molar refractivity (Wildman–Crippen MR) is 259 cm³/mol. The van der Waals surface area contributed by atoms with E-state index in [2.05, 4.69) is 170 Å². The van der Waals surface area contributed by atoms with Crippen molar-refractivity contribution in [1.29, 1.82) is 0 Å². The normalized spacial score (nSPS) is 11.5. The number of rotatable bonds is 7. The van der Waals surface area contributed by atoms with E-state index in [9.17, 15) is 0 Å². The summed E-state index contributed by atoms with van der Waals surface area (Å²) in [5.41, 5.74) is 11.4. The van der Waals surface area contributed by atoms with Gasteiger partial charge in [0.05, 0.1) is 15.9 Å². The lowest BCUT2D eigenvalue weighted by molar-refractivity contribution is 1.08. The molecule has 0 aliphatic carbocycles. The molecular formula is C55H33N5S2. The Labute approximate surface area is 365 Å². The minimum absolute atomic E-state index is 0.634. The van der Waals surface area contributed by atoms with Crippen LogP contribution in [0.5, 0.6) is 0 Å². The smallest absolute Gasteiger partial charge is 0.164 e. The molecule has 0 atom stereocenters. The van der Waals surface area contributed by atoms with E-state index in [1.807, 2.05) is 30.3 Å². The molecule has 0 saturated heterocycles. The number of thiophene rings is 2. The molecule has 0 unspecified atom stereocenters. The maximum atomic E-state index is 5.22. The first-order valence-electron chi connectivity index (χ1n) is 20.5. The van der Waals surface area contributed by atoms with Crippen LogP contribution in [0.2, 0.25) is 0 Å². The summed E-state index contributed by atoms with van der Waals surface area (Å²) in [6.07, 6.45) is 0. The van der Waals surface area contributed by atoms with Crippen LogP contribution in [0.1, 0.15) is 0 Å². The molecule has 12 aromatic rings. The van der Waals surface area contributed by atoms with Crippen molar-refractivity contribution in [3.05, 3.63) is 200 Å². The monoisotopic (exact) mass is 827 g/mol. The third-order valence-corrected chi connectivity index (χ3v) is 13.8. The highest BCUT2D eigenvalue weighted by Crippen LogP contribution is 2.44.